The van der Waals surface area contributed by atoms with Crippen molar-refractivity contribution in [2.24, 2.45) is 0 Å². The highest BCUT2D eigenvalue weighted by Crippen LogP contribution is 2.49. The average Bonchev–Trinajstić information content (AvgIpc) is 3.13. The predicted molar refractivity (Wildman–Crippen MR) is 125 cm³/mol. The number of carbonyl (C=O) groups excluding carboxylic acids is 2. The van der Waals surface area contributed by atoms with Crippen LogP contribution >= 0.6 is 39.1 Å². The highest BCUT2D eigenvalue weighted by Gasteiger charge is 2.58. The molecule has 2 aliphatic rings. The Bertz CT molecular complexity index is 1070. The van der Waals surface area contributed by atoms with E-state index in [-0.39, 0.29) is 17.9 Å². The minimum absolute atomic E-state index is 0.123. The molecule has 0 saturated carbocycles. The van der Waals surface area contributed by atoms with Gasteiger partial charge in [0.25, 0.3) is 5.91 Å². The van der Waals surface area contributed by atoms with Crippen molar-refractivity contribution in [1.29, 1.82) is 0 Å². The molecule has 2 heterocycles. The van der Waals surface area contributed by atoms with E-state index in [0.717, 1.165) is 10.0 Å². The molecule has 5 nitrogen and oxygen atoms in total. The van der Waals surface area contributed by atoms with Crippen molar-refractivity contribution in [3.05, 3.63) is 73.9 Å². The molecule has 8 heteroatoms. The van der Waals surface area contributed by atoms with Gasteiger partial charge in [-0.15, -0.1) is 0 Å². The quantitative estimate of drug-likeness (QED) is 0.609. The zero-order valence-electron chi connectivity index (χ0n) is 17.0. The molecule has 2 aromatic rings. The first-order valence-electron chi connectivity index (χ1n) is 9.82. The van der Waals surface area contributed by atoms with E-state index in [4.69, 9.17) is 27.9 Å². The van der Waals surface area contributed by atoms with Crippen LogP contribution in [0.5, 0.6) is 0 Å². The van der Waals surface area contributed by atoms with Gasteiger partial charge in [-0.25, -0.2) is 0 Å². The summed E-state index contributed by atoms with van der Waals surface area (Å²) in [5, 5.41) is 3.86. The molecular formula is C23H21BrCl2N2O3. The van der Waals surface area contributed by atoms with Gasteiger partial charge in [-0.2, -0.15) is 0 Å². The van der Waals surface area contributed by atoms with E-state index in [1.807, 2.05) is 29.2 Å². The van der Waals surface area contributed by atoms with Crippen molar-refractivity contribution < 1.29 is 14.3 Å². The van der Waals surface area contributed by atoms with E-state index < -0.39 is 5.54 Å². The minimum atomic E-state index is -0.711. The molecule has 2 atom stereocenters. The first-order valence-corrected chi connectivity index (χ1v) is 11.4. The van der Waals surface area contributed by atoms with Gasteiger partial charge in [0.15, 0.2) is 0 Å². The number of benzene rings is 2. The van der Waals surface area contributed by atoms with Crippen LogP contribution in [0.4, 0.5) is 0 Å². The number of ether oxygens (including phenoxy) is 1. The lowest BCUT2D eigenvalue weighted by Gasteiger charge is -2.34. The standard InChI is InChI=1S/C23H21BrCl2N2O3/c1-13(29)27-19-11-23(10-14-3-5-16(24)6-4-14)21(31-2)20(22(30)28(23)12-19)15-7-17(25)9-18(26)8-15/h3-9,19H,10-12H2,1-2H3,(H,27,29)/t19-,23-/m0/s1. The number of carbonyl (C=O) groups is 2. The van der Waals surface area contributed by atoms with Gasteiger partial charge in [-0.3, -0.25) is 9.59 Å². The van der Waals surface area contributed by atoms with Crippen molar-refractivity contribution in [2.45, 2.75) is 31.3 Å². The second kappa shape index (κ2) is 8.49. The van der Waals surface area contributed by atoms with E-state index in [0.29, 0.717) is 46.3 Å². The number of amides is 2. The Labute approximate surface area is 199 Å². The molecule has 0 spiro atoms. The maximum Gasteiger partial charge on any atom is 0.258 e. The van der Waals surface area contributed by atoms with Crippen LogP contribution in [-0.4, -0.2) is 41.9 Å². The van der Waals surface area contributed by atoms with Crippen LogP contribution in [0.25, 0.3) is 5.57 Å². The number of fused-ring (bicyclic) bond motifs is 1. The maximum absolute atomic E-state index is 13.6. The fourth-order valence-electron chi connectivity index (χ4n) is 4.75. The first kappa shape index (κ1) is 22.2. The summed E-state index contributed by atoms with van der Waals surface area (Å²) < 4.78 is 6.88. The molecule has 0 aliphatic carbocycles. The molecule has 2 amide bonds. The van der Waals surface area contributed by atoms with E-state index in [1.165, 1.54) is 6.92 Å². The fraction of sp³-hybridized carbons (Fsp3) is 0.304. The number of rotatable bonds is 5. The van der Waals surface area contributed by atoms with Gasteiger partial charge >= 0.3 is 0 Å². The molecule has 2 aliphatic heterocycles. The van der Waals surface area contributed by atoms with Gasteiger partial charge in [0, 0.05) is 46.9 Å². The lowest BCUT2D eigenvalue weighted by molar-refractivity contribution is -0.127. The van der Waals surface area contributed by atoms with Crippen LogP contribution in [-0.2, 0) is 20.7 Å². The Balaban J connectivity index is 1.85. The highest BCUT2D eigenvalue weighted by molar-refractivity contribution is 9.10. The lowest BCUT2D eigenvalue weighted by Crippen LogP contribution is -2.45. The lowest BCUT2D eigenvalue weighted by atomic mass is 9.85. The largest absolute Gasteiger partial charge is 0.498 e. The molecule has 1 N–H and O–H groups in total. The summed E-state index contributed by atoms with van der Waals surface area (Å²) in [6, 6.07) is 12.9. The smallest absolute Gasteiger partial charge is 0.258 e. The monoisotopic (exact) mass is 522 g/mol. The SMILES string of the molecule is COC1=C(c2cc(Cl)cc(Cl)c2)C(=O)N2C[C@@H](NC(C)=O)C[C@@]12Cc1ccc(Br)cc1. The maximum atomic E-state index is 13.6. The van der Waals surface area contributed by atoms with Gasteiger partial charge in [-0.05, 0) is 41.5 Å². The normalized spacial score (nSPS) is 22.7. The number of halogens is 3. The Morgan fingerprint density at radius 3 is 2.45 bits per heavy atom. The number of nitrogens with zero attached hydrogens (tertiary/aromatic N) is 1. The molecular weight excluding hydrogens is 503 g/mol. The van der Waals surface area contributed by atoms with Crippen LogP contribution in [0.2, 0.25) is 10.0 Å². The Hall–Kier alpha value is -2.02. The van der Waals surface area contributed by atoms with Crippen LogP contribution in [0, 0.1) is 0 Å². The van der Waals surface area contributed by atoms with Crippen molar-refractivity contribution >= 4 is 56.5 Å². The Morgan fingerprint density at radius 2 is 1.87 bits per heavy atom. The molecule has 0 radical (unpaired) electrons. The Kier molecular flexibility index (Phi) is 6.08. The number of methoxy groups -OCH3 is 1. The third-order valence-corrected chi connectivity index (χ3v) is 6.75. The molecule has 0 aromatic heterocycles. The summed E-state index contributed by atoms with van der Waals surface area (Å²) in [5.41, 5.74) is 1.44. The average molecular weight is 524 g/mol. The first-order chi connectivity index (χ1) is 14.7. The highest BCUT2D eigenvalue weighted by atomic mass is 79.9. The van der Waals surface area contributed by atoms with Crippen molar-refractivity contribution in [3.8, 4) is 0 Å². The fourth-order valence-corrected chi connectivity index (χ4v) is 5.54. The predicted octanol–water partition coefficient (Wildman–Crippen LogP) is 4.85. The number of nitrogens with one attached hydrogen (secondary N) is 1. The summed E-state index contributed by atoms with van der Waals surface area (Å²) >= 11 is 15.9. The van der Waals surface area contributed by atoms with Gasteiger partial charge in [0.1, 0.15) is 11.3 Å². The second-order valence-corrected chi connectivity index (χ2v) is 9.71. The molecule has 31 heavy (non-hydrogen) atoms. The molecule has 2 aromatic carbocycles. The van der Waals surface area contributed by atoms with E-state index in [1.54, 1.807) is 25.3 Å². The topological polar surface area (TPSA) is 58.6 Å². The minimum Gasteiger partial charge on any atom is -0.498 e. The number of hydrogen-bond donors (Lipinski definition) is 1. The van der Waals surface area contributed by atoms with Crippen molar-refractivity contribution in [1.82, 2.24) is 10.2 Å². The summed E-state index contributed by atoms with van der Waals surface area (Å²) in [7, 11) is 1.58. The molecule has 0 bridgehead atoms. The van der Waals surface area contributed by atoms with Gasteiger partial charge in [-0.1, -0.05) is 51.3 Å². The summed E-state index contributed by atoms with van der Waals surface area (Å²) in [5.74, 6) is 0.300. The number of hydrogen-bond acceptors (Lipinski definition) is 3. The zero-order valence-corrected chi connectivity index (χ0v) is 20.1. The molecule has 162 valence electrons. The summed E-state index contributed by atoms with van der Waals surface area (Å²) in [6.45, 7) is 1.89. The van der Waals surface area contributed by atoms with Gasteiger partial charge in [0.05, 0.1) is 12.7 Å². The molecule has 1 saturated heterocycles. The van der Waals surface area contributed by atoms with Crippen molar-refractivity contribution in [2.75, 3.05) is 13.7 Å². The van der Waals surface area contributed by atoms with E-state index >= 15 is 0 Å². The third kappa shape index (κ3) is 4.09. The van der Waals surface area contributed by atoms with Crippen LogP contribution in [0.1, 0.15) is 24.5 Å². The van der Waals surface area contributed by atoms with E-state index in [2.05, 4.69) is 21.2 Å². The van der Waals surface area contributed by atoms with Crippen LogP contribution < -0.4 is 5.32 Å². The van der Waals surface area contributed by atoms with Crippen LogP contribution in [0.3, 0.4) is 0 Å². The second-order valence-electron chi connectivity index (χ2n) is 7.92. The van der Waals surface area contributed by atoms with Crippen LogP contribution in [0.15, 0.2) is 52.7 Å². The molecule has 0 unspecified atom stereocenters. The van der Waals surface area contributed by atoms with Crippen molar-refractivity contribution in [3.63, 3.8) is 0 Å². The molecule has 4 rings (SSSR count). The van der Waals surface area contributed by atoms with Gasteiger partial charge < -0.3 is 15.0 Å². The Morgan fingerprint density at radius 1 is 1.23 bits per heavy atom. The van der Waals surface area contributed by atoms with Gasteiger partial charge in [0.2, 0.25) is 5.91 Å². The molecule has 1 fully saturated rings. The van der Waals surface area contributed by atoms with E-state index in [9.17, 15) is 9.59 Å². The zero-order chi connectivity index (χ0) is 22.3. The summed E-state index contributed by atoms with van der Waals surface area (Å²) in [4.78, 5) is 27.2. The summed E-state index contributed by atoms with van der Waals surface area (Å²) in [6.07, 6.45) is 1.11. The third-order valence-electron chi connectivity index (χ3n) is 5.79.